The van der Waals surface area contributed by atoms with Gasteiger partial charge in [-0.3, -0.25) is 9.59 Å². The van der Waals surface area contributed by atoms with E-state index < -0.39 is 17.9 Å². The lowest BCUT2D eigenvalue weighted by molar-refractivity contribution is -0.139. The van der Waals surface area contributed by atoms with Gasteiger partial charge in [-0.15, -0.1) is 0 Å². The first kappa shape index (κ1) is 42.3. The van der Waals surface area contributed by atoms with Crippen molar-refractivity contribution in [2.24, 2.45) is 26.2 Å². The topological polar surface area (TPSA) is 220 Å². The van der Waals surface area contributed by atoms with Crippen molar-refractivity contribution < 1.29 is 54.2 Å². The fourth-order valence-electron chi connectivity index (χ4n) is 3.90. The number of ether oxygens (including phenoxy) is 1. The lowest BCUT2D eigenvalue weighted by Gasteiger charge is -2.44. The molecule has 0 heterocycles. The molecule has 0 amide bonds. The number of isocyanates is 2. The van der Waals surface area contributed by atoms with Crippen molar-refractivity contribution in [1.82, 2.24) is 0 Å². The van der Waals surface area contributed by atoms with Gasteiger partial charge in [0.25, 0.3) is 0 Å². The monoisotopic (exact) mass is 588 g/mol. The number of carboxylic acid groups (broad SMARTS) is 2. The number of rotatable bonds is 13. The van der Waals surface area contributed by atoms with Crippen LogP contribution in [0.1, 0.15) is 79.6 Å². The first-order chi connectivity index (χ1) is 19.0. The molecule has 2 atom stereocenters. The van der Waals surface area contributed by atoms with Crippen LogP contribution in [0.5, 0.6) is 0 Å². The second kappa shape index (κ2) is 23.5. The summed E-state index contributed by atoms with van der Waals surface area (Å²) in [7, 11) is 0. The molecular formula is C28H48N2O11. The number of esters is 1. The number of carboxylic acids is 2. The lowest BCUT2D eigenvalue weighted by atomic mass is 9.63. The third kappa shape index (κ3) is 28.1. The Morgan fingerprint density at radius 3 is 1.83 bits per heavy atom. The van der Waals surface area contributed by atoms with Gasteiger partial charge in [-0.2, -0.15) is 0 Å². The normalized spacial score (nSPS) is 18.5. The van der Waals surface area contributed by atoms with E-state index in [1.54, 1.807) is 26.0 Å². The number of aliphatic hydroxyl groups is 3. The Morgan fingerprint density at radius 1 is 0.976 bits per heavy atom. The highest BCUT2D eigenvalue weighted by atomic mass is 16.5. The van der Waals surface area contributed by atoms with Crippen LogP contribution >= 0.6 is 0 Å². The maximum atomic E-state index is 10.3. The Kier molecular flexibility index (Phi) is 24.2. The van der Waals surface area contributed by atoms with Crippen LogP contribution in [0.4, 0.5) is 0 Å². The molecule has 0 radical (unpaired) electrons. The fraction of sp³-hybridized carbons (Fsp3) is 0.750. The number of nitrogens with zero attached hydrogens (tertiary/aromatic N) is 2. The van der Waals surface area contributed by atoms with Crippen molar-refractivity contribution in [3.8, 4) is 0 Å². The maximum Gasteiger partial charge on any atom is 0.330 e. The number of aliphatic imine (C=N–C) groups is 2. The Hall–Kier alpha value is -3.21. The SMILES string of the molecule is C=CC(=O)OCCO.CC(C)(CO)CO.CC1(C)CC(N=C=O)CC(C)(CN=C=O)C1.O=C(O)CCCCC(=O)O. The molecule has 0 aromatic rings. The number of carbonyl (C=O) groups is 3. The quantitative estimate of drug-likeness (QED) is 0.0692. The Balaban J connectivity index is -0.000000501. The largest absolute Gasteiger partial charge is 0.481 e. The molecule has 0 aliphatic heterocycles. The summed E-state index contributed by atoms with van der Waals surface area (Å²) in [6.45, 7) is 13.6. The Morgan fingerprint density at radius 2 is 1.49 bits per heavy atom. The molecule has 13 heteroatoms. The summed E-state index contributed by atoms with van der Waals surface area (Å²) >= 11 is 0. The summed E-state index contributed by atoms with van der Waals surface area (Å²) in [4.78, 5) is 57.9. The average Bonchev–Trinajstić information content (AvgIpc) is 2.88. The van der Waals surface area contributed by atoms with Crippen molar-refractivity contribution in [3.63, 3.8) is 0 Å². The van der Waals surface area contributed by atoms with E-state index in [9.17, 15) is 24.0 Å². The molecule has 2 unspecified atom stereocenters. The molecule has 0 spiro atoms. The fourth-order valence-corrected chi connectivity index (χ4v) is 3.90. The zero-order valence-electron chi connectivity index (χ0n) is 24.9. The zero-order valence-corrected chi connectivity index (χ0v) is 24.9. The lowest BCUT2D eigenvalue weighted by Crippen LogP contribution is -2.39. The predicted octanol–water partition coefficient (Wildman–Crippen LogP) is 2.66. The molecule has 1 rings (SSSR count). The van der Waals surface area contributed by atoms with E-state index in [0.717, 1.165) is 25.3 Å². The first-order valence-corrected chi connectivity index (χ1v) is 13.1. The molecule has 0 aromatic carbocycles. The second-order valence-electron chi connectivity index (χ2n) is 11.4. The molecule has 1 fully saturated rings. The third-order valence-electron chi connectivity index (χ3n) is 5.57. The minimum atomic E-state index is -0.870. The van der Waals surface area contributed by atoms with Crippen molar-refractivity contribution >= 4 is 30.1 Å². The highest BCUT2D eigenvalue weighted by Crippen LogP contribution is 2.47. The highest BCUT2D eigenvalue weighted by Gasteiger charge is 2.41. The smallest absolute Gasteiger partial charge is 0.330 e. The minimum absolute atomic E-state index is 0.00750. The van der Waals surface area contributed by atoms with E-state index in [1.165, 1.54) is 0 Å². The van der Waals surface area contributed by atoms with Crippen LogP contribution < -0.4 is 0 Å². The molecule has 0 bridgehead atoms. The number of aliphatic hydroxyl groups excluding tert-OH is 3. The molecule has 1 aliphatic carbocycles. The molecule has 13 nitrogen and oxygen atoms in total. The number of hydrogen-bond acceptors (Lipinski definition) is 11. The van der Waals surface area contributed by atoms with Gasteiger partial charge in [0.05, 0.1) is 32.4 Å². The van der Waals surface area contributed by atoms with E-state index in [-0.39, 0.29) is 61.6 Å². The van der Waals surface area contributed by atoms with Gasteiger partial charge in [-0.1, -0.05) is 41.2 Å². The van der Waals surface area contributed by atoms with Crippen molar-refractivity contribution in [2.75, 3.05) is 33.0 Å². The van der Waals surface area contributed by atoms with Crippen LogP contribution in [0, 0.1) is 16.2 Å². The Labute approximate surface area is 242 Å². The summed E-state index contributed by atoms with van der Waals surface area (Å²) in [6, 6.07) is 0.00750. The Bertz CT molecular complexity index is 854. The maximum absolute atomic E-state index is 10.3. The van der Waals surface area contributed by atoms with E-state index >= 15 is 0 Å². The van der Waals surface area contributed by atoms with Crippen molar-refractivity contribution in [1.29, 1.82) is 0 Å². The molecule has 0 aromatic heterocycles. The number of hydrogen-bond donors (Lipinski definition) is 5. The molecule has 0 saturated heterocycles. The van der Waals surface area contributed by atoms with E-state index in [1.807, 2.05) is 0 Å². The molecule has 5 N–H and O–H groups in total. The van der Waals surface area contributed by atoms with Crippen molar-refractivity contribution in [3.05, 3.63) is 12.7 Å². The molecule has 1 aliphatic rings. The van der Waals surface area contributed by atoms with Gasteiger partial charge in [0.2, 0.25) is 12.2 Å². The van der Waals surface area contributed by atoms with Gasteiger partial charge in [-0.25, -0.2) is 24.4 Å². The van der Waals surface area contributed by atoms with Crippen LogP contribution in [0.3, 0.4) is 0 Å². The summed E-state index contributed by atoms with van der Waals surface area (Å²) < 4.78 is 4.33. The number of carbonyl (C=O) groups excluding carboxylic acids is 3. The third-order valence-corrected chi connectivity index (χ3v) is 5.57. The molecule has 41 heavy (non-hydrogen) atoms. The van der Waals surface area contributed by atoms with Crippen LogP contribution in [0.25, 0.3) is 0 Å². The van der Waals surface area contributed by atoms with E-state index in [4.69, 9.17) is 25.5 Å². The second-order valence-corrected chi connectivity index (χ2v) is 11.4. The van der Waals surface area contributed by atoms with E-state index in [2.05, 4.69) is 42.1 Å². The summed E-state index contributed by atoms with van der Waals surface area (Å²) in [6.07, 6.45) is 7.95. The molecule has 236 valence electrons. The van der Waals surface area contributed by atoms with Crippen LogP contribution in [-0.2, 0) is 28.7 Å². The molecular weight excluding hydrogens is 540 g/mol. The van der Waals surface area contributed by atoms with Gasteiger partial charge in [-0.05, 0) is 42.9 Å². The van der Waals surface area contributed by atoms with Gasteiger partial charge in [0, 0.05) is 24.3 Å². The summed E-state index contributed by atoms with van der Waals surface area (Å²) in [5.74, 6) is -2.24. The zero-order chi connectivity index (χ0) is 32.5. The van der Waals surface area contributed by atoms with Gasteiger partial charge < -0.3 is 30.3 Å². The van der Waals surface area contributed by atoms with Crippen LogP contribution in [0.15, 0.2) is 22.6 Å². The van der Waals surface area contributed by atoms with E-state index in [0.29, 0.717) is 19.4 Å². The van der Waals surface area contributed by atoms with Gasteiger partial charge >= 0.3 is 17.9 Å². The number of unbranched alkanes of at least 4 members (excludes halogenated alkanes) is 1. The number of aliphatic carboxylic acids is 2. The highest BCUT2D eigenvalue weighted by molar-refractivity contribution is 5.81. The van der Waals surface area contributed by atoms with Crippen molar-refractivity contribution in [2.45, 2.75) is 85.6 Å². The predicted molar refractivity (Wildman–Crippen MR) is 151 cm³/mol. The van der Waals surface area contributed by atoms with Gasteiger partial charge in [0.1, 0.15) is 6.61 Å². The van der Waals surface area contributed by atoms with Gasteiger partial charge in [0.15, 0.2) is 0 Å². The standard InChI is InChI=1S/C12H18N2O2.C6H10O4.C5H8O3.C5H12O2/c1-11(2)4-10(14-9-16)5-12(3,6-11)7-13-8-15;7-5(8)3-1-2-4-6(9)10;1-2-5(7)8-4-3-6;1-5(2,3-6)4-7/h10H,4-7H2,1-3H3;1-4H2,(H,7,8)(H,9,10);2,6H,1,3-4H2;6-7H,3-4H2,1-2H3. The summed E-state index contributed by atoms with van der Waals surface area (Å²) in [5.41, 5.74) is -0.249. The first-order valence-electron chi connectivity index (χ1n) is 13.1. The summed E-state index contributed by atoms with van der Waals surface area (Å²) in [5, 5.41) is 41.2. The minimum Gasteiger partial charge on any atom is -0.481 e. The van der Waals surface area contributed by atoms with Crippen LogP contribution in [0.2, 0.25) is 0 Å². The van der Waals surface area contributed by atoms with Crippen LogP contribution in [-0.4, -0.2) is 94.6 Å². The average molecular weight is 589 g/mol. The molecule has 1 saturated carbocycles.